The fourth-order valence-corrected chi connectivity index (χ4v) is 3.17. The van der Waals surface area contributed by atoms with Gasteiger partial charge in [0.05, 0.1) is 6.54 Å². The highest BCUT2D eigenvalue weighted by Gasteiger charge is 2.16. The van der Waals surface area contributed by atoms with Gasteiger partial charge in [-0.1, -0.05) is 29.3 Å². The number of nitrogens with zero attached hydrogens (tertiary/aromatic N) is 2. The summed E-state index contributed by atoms with van der Waals surface area (Å²) in [4.78, 5) is 18.3. The number of likely N-dealkylation sites (tertiary alicyclic amines) is 1. The molecule has 1 aliphatic rings. The Balaban J connectivity index is 1.73. The first kappa shape index (κ1) is 18.3. The Hall–Kier alpha value is -2.04. The number of piperidine rings is 1. The van der Waals surface area contributed by atoms with Crippen molar-refractivity contribution < 1.29 is 4.79 Å². The molecule has 2 rings (SSSR count). The van der Waals surface area contributed by atoms with Crippen LogP contribution in [-0.2, 0) is 11.2 Å². The van der Waals surface area contributed by atoms with Crippen molar-refractivity contribution in [1.29, 1.82) is 0 Å². The number of hydrogen-bond donors (Lipinski definition) is 2. The third kappa shape index (κ3) is 5.87. The van der Waals surface area contributed by atoms with Crippen LogP contribution in [0, 0.1) is 13.8 Å². The fourth-order valence-electron chi connectivity index (χ4n) is 3.17. The molecule has 0 spiro atoms. The molecule has 1 amide bonds. The second-order valence-corrected chi connectivity index (χ2v) is 6.54. The van der Waals surface area contributed by atoms with Gasteiger partial charge >= 0.3 is 0 Å². The number of carbonyl (C=O) groups is 1. The van der Waals surface area contributed by atoms with Crippen molar-refractivity contribution in [3.8, 4) is 0 Å². The third-order valence-electron chi connectivity index (χ3n) is 4.33. The summed E-state index contributed by atoms with van der Waals surface area (Å²) < 4.78 is 0. The van der Waals surface area contributed by atoms with E-state index in [1.807, 2.05) is 4.90 Å². The Bertz CT molecular complexity index is 556. The van der Waals surface area contributed by atoms with Crippen LogP contribution in [0.2, 0.25) is 0 Å². The highest BCUT2D eigenvalue weighted by molar-refractivity contribution is 5.86. The number of rotatable bonds is 5. The molecule has 132 valence electrons. The zero-order valence-electron chi connectivity index (χ0n) is 15.2. The molecule has 0 unspecified atom stereocenters. The van der Waals surface area contributed by atoms with E-state index in [0.717, 1.165) is 38.9 Å². The summed E-state index contributed by atoms with van der Waals surface area (Å²) in [5.74, 6) is 0.844. The summed E-state index contributed by atoms with van der Waals surface area (Å²) in [5.41, 5.74) is 3.90. The molecule has 1 heterocycles. The van der Waals surface area contributed by atoms with E-state index < -0.39 is 0 Å². The van der Waals surface area contributed by atoms with Crippen LogP contribution < -0.4 is 10.6 Å². The van der Waals surface area contributed by atoms with Gasteiger partial charge in [0.2, 0.25) is 5.91 Å². The van der Waals surface area contributed by atoms with E-state index in [2.05, 4.69) is 47.7 Å². The predicted molar refractivity (Wildman–Crippen MR) is 99.4 cm³/mol. The van der Waals surface area contributed by atoms with Crippen molar-refractivity contribution >= 4 is 11.9 Å². The highest BCUT2D eigenvalue weighted by atomic mass is 16.2. The molecule has 1 saturated heterocycles. The topological polar surface area (TPSA) is 56.7 Å². The number of amides is 1. The van der Waals surface area contributed by atoms with Gasteiger partial charge in [-0.3, -0.25) is 9.79 Å². The lowest BCUT2D eigenvalue weighted by atomic mass is 10.1. The summed E-state index contributed by atoms with van der Waals surface area (Å²) in [6.07, 6.45) is 4.41. The molecule has 1 aromatic carbocycles. The van der Waals surface area contributed by atoms with Gasteiger partial charge in [0.25, 0.3) is 0 Å². The van der Waals surface area contributed by atoms with E-state index in [1.54, 1.807) is 7.05 Å². The van der Waals surface area contributed by atoms with Gasteiger partial charge in [0.15, 0.2) is 5.96 Å². The van der Waals surface area contributed by atoms with Gasteiger partial charge in [0, 0.05) is 26.7 Å². The van der Waals surface area contributed by atoms with Crippen LogP contribution in [0.1, 0.15) is 36.0 Å². The first-order valence-electron chi connectivity index (χ1n) is 8.88. The molecule has 1 fully saturated rings. The molecule has 0 bridgehead atoms. The van der Waals surface area contributed by atoms with Crippen LogP contribution in [0.15, 0.2) is 23.2 Å². The fraction of sp³-hybridized carbons (Fsp3) is 0.579. The maximum atomic E-state index is 12.2. The van der Waals surface area contributed by atoms with Crippen LogP contribution >= 0.6 is 0 Å². The Morgan fingerprint density at radius 2 is 1.75 bits per heavy atom. The molecule has 5 heteroatoms. The molecule has 2 N–H and O–H groups in total. The predicted octanol–water partition coefficient (Wildman–Crippen LogP) is 2.02. The Morgan fingerprint density at radius 1 is 1.08 bits per heavy atom. The van der Waals surface area contributed by atoms with Crippen LogP contribution in [0.4, 0.5) is 0 Å². The van der Waals surface area contributed by atoms with E-state index in [9.17, 15) is 4.79 Å². The molecule has 0 aromatic heterocycles. The van der Waals surface area contributed by atoms with Crippen molar-refractivity contribution in [1.82, 2.24) is 15.5 Å². The zero-order valence-corrected chi connectivity index (χ0v) is 15.2. The molecule has 0 saturated carbocycles. The van der Waals surface area contributed by atoms with Crippen molar-refractivity contribution in [2.24, 2.45) is 4.99 Å². The van der Waals surface area contributed by atoms with Gasteiger partial charge in [-0.25, -0.2) is 0 Å². The lowest BCUT2D eigenvalue weighted by Gasteiger charge is -2.27. The Labute approximate surface area is 145 Å². The summed E-state index contributed by atoms with van der Waals surface area (Å²) in [6.45, 7) is 7.12. The van der Waals surface area contributed by atoms with E-state index in [0.29, 0.717) is 12.5 Å². The largest absolute Gasteiger partial charge is 0.356 e. The molecule has 0 atom stereocenters. The lowest BCUT2D eigenvalue weighted by Crippen LogP contribution is -2.46. The molecular weight excluding hydrogens is 300 g/mol. The summed E-state index contributed by atoms with van der Waals surface area (Å²) in [7, 11) is 1.73. The number of nitrogens with one attached hydrogen (secondary N) is 2. The number of aliphatic imine (C=N–C) groups is 1. The third-order valence-corrected chi connectivity index (χ3v) is 4.33. The zero-order chi connectivity index (χ0) is 17.4. The van der Waals surface area contributed by atoms with E-state index in [-0.39, 0.29) is 5.91 Å². The van der Waals surface area contributed by atoms with Crippen LogP contribution in [0.25, 0.3) is 0 Å². The quantitative estimate of drug-likeness (QED) is 0.641. The lowest BCUT2D eigenvalue weighted by molar-refractivity contribution is -0.130. The number of guanidine groups is 1. The minimum atomic E-state index is 0.159. The van der Waals surface area contributed by atoms with E-state index >= 15 is 0 Å². The molecule has 24 heavy (non-hydrogen) atoms. The molecule has 1 aromatic rings. The van der Waals surface area contributed by atoms with Gasteiger partial charge in [-0.2, -0.15) is 0 Å². The summed E-state index contributed by atoms with van der Waals surface area (Å²) in [6, 6.07) is 6.61. The van der Waals surface area contributed by atoms with Crippen LogP contribution in [0.5, 0.6) is 0 Å². The minimum absolute atomic E-state index is 0.159. The highest BCUT2D eigenvalue weighted by Crippen LogP contribution is 2.09. The standard InChI is InChI=1S/C19H30N4O/c1-15-11-16(2)13-17(12-15)7-8-21-19(20-3)22-14-18(24)23-9-5-4-6-10-23/h11-13H,4-10,14H2,1-3H3,(H2,20,21,22). The van der Waals surface area contributed by atoms with Crippen molar-refractivity contribution in [2.45, 2.75) is 39.5 Å². The maximum absolute atomic E-state index is 12.2. The smallest absolute Gasteiger partial charge is 0.241 e. The average molecular weight is 330 g/mol. The van der Waals surface area contributed by atoms with Gasteiger partial charge in [-0.15, -0.1) is 0 Å². The number of hydrogen-bond acceptors (Lipinski definition) is 2. The number of carbonyl (C=O) groups excluding carboxylic acids is 1. The summed E-state index contributed by atoms with van der Waals surface area (Å²) >= 11 is 0. The van der Waals surface area contributed by atoms with Crippen LogP contribution in [0.3, 0.4) is 0 Å². The van der Waals surface area contributed by atoms with Crippen molar-refractivity contribution in [2.75, 3.05) is 33.2 Å². The second kappa shape index (κ2) is 9.30. The number of aryl methyl sites for hydroxylation is 2. The Morgan fingerprint density at radius 3 is 2.38 bits per heavy atom. The first-order chi connectivity index (χ1) is 11.6. The van der Waals surface area contributed by atoms with Gasteiger partial charge in [-0.05, 0) is 45.1 Å². The van der Waals surface area contributed by atoms with E-state index in [4.69, 9.17) is 0 Å². The first-order valence-corrected chi connectivity index (χ1v) is 8.88. The SMILES string of the molecule is CN=C(NCCc1cc(C)cc(C)c1)NCC(=O)N1CCCCC1. The van der Waals surface area contributed by atoms with Crippen molar-refractivity contribution in [3.05, 3.63) is 34.9 Å². The van der Waals surface area contributed by atoms with Crippen molar-refractivity contribution in [3.63, 3.8) is 0 Å². The summed E-state index contributed by atoms with van der Waals surface area (Å²) in [5, 5.41) is 6.41. The normalized spacial score (nSPS) is 15.3. The molecular formula is C19H30N4O. The minimum Gasteiger partial charge on any atom is -0.356 e. The molecule has 0 aliphatic carbocycles. The van der Waals surface area contributed by atoms with E-state index in [1.165, 1.54) is 23.1 Å². The molecule has 1 aliphatic heterocycles. The van der Waals surface area contributed by atoms with Gasteiger partial charge in [0.1, 0.15) is 0 Å². The Kier molecular flexibility index (Phi) is 7.09. The molecule has 5 nitrogen and oxygen atoms in total. The monoisotopic (exact) mass is 330 g/mol. The van der Waals surface area contributed by atoms with Gasteiger partial charge < -0.3 is 15.5 Å². The molecule has 0 radical (unpaired) electrons. The maximum Gasteiger partial charge on any atom is 0.241 e. The average Bonchev–Trinajstić information content (AvgIpc) is 2.57. The number of benzene rings is 1. The second-order valence-electron chi connectivity index (χ2n) is 6.54. The van der Waals surface area contributed by atoms with Crippen LogP contribution in [-0.4, -0.2) is 50.0 Å².